The van der Waals surface area contributed by atoms with Crippen molar-refractivity contribution in [3.8, 4) is 5.75 Å². The van der Waals surface area contributed by atoms with Crippen LogP contribution in [-0.4, -0.2) is 50.3 Å². The minimum absolute atomic E-state index is 0.124. The van der Waals surface area contributed by atoms with Crippen LogP contribution in [0.1, 0.15) is 51.0 Å². The summed E-state index contributed by atoms with van der Waals surface area (Å²) in [6.07, 6.45) is 2.21. The lowest BCUT2D eigenvalue weighted by atomic mass is 10.0. The number of aromatic amines is 1. The molecule has 1 unspecified atom stereocenters. The van der Waals surface area contributed by atoms with Crippen molar-refractivity contribution in [1.82, 2.24) is 30.1 Å². The van der Waals surface area contributed by atoms with Crippen LogP contribution in [0.5, 0.6) is 5.75 Å². The number of tetrazole rings is 1. The van der Waals surface area contributed by atoms with E-state index in [0.29, 0.717) is 17.1 Å². The van der Waals surface area contributed by atoms with Crippen LogP contribution >= 0.6 is 0 Å². The Morgan fingerprint density at radius 3 is 2.61 bits per heavy atom. The largest absolute Gasteiger partial charge is 0.497 e. The summed E-state index contributed by atoms with van der Waals surface area (Å²) in [7, 11) is 1.61. The molecule has 3 heterocycles. The molecule has 1 aromatic carbocycles. The summed E-state index contributed by atoms with van der Waals surface area (Å²) in [4.78, 5) is 18.4. The molecule has 1 atom stereocenters. The number of benzene rings is 1. The maximum absolute atomic E-state index is 13.1. The number of aromatic nitrogens is 5. The minimum atomic E-state index is -0.285. The van der Waals surface area contributed by atoms with Gasteiger partial charge in [0.1, 0.15) is 11.8 Å². The van der Waals surface area contributed by atoms with E-state index in [2.05, 4.69) is 46.2 Å². The van der Waals surface area contributed by atoms with Gasteiger partial charge in [-0.25, -0.2) is 4.68 Å². The number of hydrogen-bond acceptors (Lipinski definition) is 6. The smallest absolute Gasteiger partial charge is 0.253 e. The molecule has 0 saturated carbocycles. The summed E-state index contributed by atoms with van der Waals surface area (Å²) >= 11 is 0. The molecule has 148 valence electrons. The molecular formula is C20H26N6O2. The monoisotopic (exact) mass is 382 g/mol. The molecule has 1 N–H and O–H groups in total. The SMILES string of the molecule is COc1ccc2cc(C(c3nnnn3C(C)(C)C)N3CCCC3)c(=O)[nH]c2c1. The van der Waals surface area contributed by atoms with Crippen molar-refractivity contribution < 1.29 is 4.74 Å². The average molecular weight is 382 g/mol. The number of likely N-dealkylation sites (tertiary alicyclic amines) is 1. The Labute approximate surface area is 163 Å². The zero-order chi connectivity index (χ0) is 19.9. The fourth-order valence-electron chi connectivity index (χ4n) is 3.87. The van der Waals surface area contributed by atoms with Gasteiger partial charge in [0.25, 0.3) is 5.56 Å². The van der Waals surface area contributed by atoms with Gasteiger partial charge in [-0.05, 0) is 80.7 Å². The highest BCUT2D eigenvalue weighted by Crippen LogP contribution is 2.32. The summed E-state index contributed by atoms with van der Waals surface area (Å²) in [5.41, 5.74) is 1.01. The molecule has 0 aliphatic carbocycles. The number of rotatable bonds is 4. The zero-order valence-electron chi connectivity index (χ0n) is 16.8. The summed E-state index contributed by atoms with van der Waals surface area (Å²) in [6.45, 7) is 8.02. The fourth-order valence-corrected chi connectivity index (χ4v) is 3.87. The van der Waals surface area contributed by atoms with E-state index in [-0.39, 0.29) is 17.1 Å². The number of pyridine rings is 1. The molecule has 8 heteroatoms. The number of fused-ring (bicyclic) bond motifs is 1. The molecule has 2 aromatic heterocycles. The first-order valence-electron chi connectivity index (χ1n) is 9.62. The minimum Gasteiger partial charge on any atom is -0.497 e. The topological polar surface area (TPSA) is 88.9 Å². The van der Waals surface area contributed by atoms with Crippen LogP contribution in [0.4, 0.5) is 0 Å². The highest BCUT2D eigenvalue weighted by Gasteiger charge is 2.34. The molecule has 1 saturated heterocycles. The Bertz CT molecular complexity index is 1040. The lowest BCUT2D eigenvalue weighted by Crippen LogP contribution is -2.36. The van der Waals surface area contributed by atoms with Crippen LogP contribution < -0.4 is 10.3 Å². The summed E-state index contributed by atoms with van der Waals surface area (Å²) in [5.74, 6) is 1.41. The van der Waals surface area contributed by atoms with Crippen LogP contribution in [0.25, 0.3) is 10.9 Å². The van der Waals surface area contributed by atoms with Crippen molar-refractivity contribution in [3.05, 3.63) is 46.0 Å². The molecule has 0 spiro atoms. The van der Waals surface area contributed by atoms with Gasteiger partial charge in [0.2, 0.25) is 0 Å². The Kier molecular flexibility index (Phi) is 4.66. The Balaban J connectivity index is 1.89. The van der Waals surface area contributed by atoms with E-state index in [1.807, 2.05) is 28.9 Å². The quantitative estimate of drug-likeness (QED) is 0.746. The van der Waals surface area contributed by atoms with E-state index in [1.54, 1.807) is 7.11 Å². The van der Waals surface area contributed by atoms with Crippen molar-refractivity contribution in [3.63, 3.8) is 0 Å². The molecule has 3 aromatic rings. The van der Waals surface area contributed by atoms with E-state index in [0.717, 1.165) is 36.8 Å². The van der Waals surface area contributed by atoms with Gasteiger partial charge in [0, 0.05) is 11.6 Å². The second-order valence-electron chi connectivity index (χ2n) is 8.27. The average Bonchev–Trinajstić information content (AvgIpc) is 3.34. The van der Waals surface area contributed by atoms with Crippen molar-refractivity contribution >= 4 is 10.9 Å². The Morgan fingerprint density at radius 1 is 1.18 bits per heavy atom. The number of H-pyrrole nitrogens is 1. The third-order valence-electron chi connectivity index (χ3n) is 5.26. The van der Waals surface area contributed by atoms with Gasteiger partial charge in [-0.1, -0.05) is 0 Å². The van der Waals surface area contributed by atoms with Gasteiger partial charge >= 0.3 is 0 Å². The molecule has 1 fully saturated rings. The standard InChI is InChI=1S/C20H26N6O2/c1-20(2,3)26-18(22-23-24-26)17(25-9-5-6-10-25)15-11-13-7-8-14(28-4)12-16(13)21-19(15)27/h7-8,11-12,17H,5-6,9-10H2,1-4H3,(H,21,27). The van der Waals surface area contributed by atoms with Crippen molar-refractivity contribution in [2.45, 2.75) is 45.2 Å². The number of ether oxygens (including phenoxy) is 1. The van der Waals surface area contributed by atoms with E-state index in [4.69, 9.17) is 4.74 Å². The Hall–Kier alpha value is -2.74. The van der Waals surface area contributed by atoms with Crippen molar-refractivity contribution in [2.75, 3.05) is 20.2 Å². The van der Waals surface area contributed by atoms with Crippen LogP contribution in [0, 0.1) is 0 Å². The molecular weight excluding hydrogens is 356 g/mol. The summed E-state index contributed by atoms with van der Waals surface area (Å²) < 4.78 is 7.10. The predicted molar refractivity (Wildman–Crippen MR) is 107 cm³/mol. The highest BCUT2D eigenvalue weighted by atomic mass is 16.5. The molecule has 0 radical (unpaired) electrons. The van der Waals surface area contributed by atoms with Gasteiger partial charge in [0.15, 0.2) is 5.82 Å². The van der Waals surface area contributed by atoms with E-state index in [1.165, 1.54) is 0 Å². The summed E-state index contributed by atoms with van der Waals surface area (Å²) in [6, 6.07) is 7.37. The second kappa shape index (κ2) is 7.01. The lowest BCUT2D eigenvalue weighted by molar-refractivity contribution is 0.241. The van der Waals surface area contributed by atoms with Crippen LogP contribution in [0.2, 0.25) is 0 Å². The molecule has 28 heavy (non-hydrogen) atoms. The molecule has 4 rings (SSSR count). The molecule has 0 bridgehead atoms. The van der Waals surface area contributed by atoms with Gasteiger partial charge in [0.05, 0.1) is 18.2 Å². The number of nitrogens with one attached hydrogen (secondary N) is 1. The van der Waals surface area contributed by atoms with Gasteiger partial charge in [-0.2, -0.15) is 0 Å². The molecule has 1 aliphatic heterocycles. The number of nitrogens with zero attached hydrogens (tertiary/aromatic N) is 5. The predicted octanol–water partition coefficient (Wildman–Crippen LogP) is 2.46. The van der Waals surface area contributed by atoms with Gasteiger partial charge < -0.3 is 9.72 Å². The molecule has 0 amide bonds. The summed E-state index contributed by atoms with van der Waals surface area (Å²) in [5, 5.41) is 13.4. The van der Waals surface area contributed by atoms with Crippen LogP contribution in [0.3, 0.4) is 0 Å². The molecule has 8 nitrogen and oxygen atoms in total. The molecule has 1 aliphatic rings. The third-order valence-corrected chi connectivity index (χ3v) is 5.26. The van der Waals surface area contributed by atoms with Gasteiger partial charge in [-0.15, -0.1) is 5.10 Å². The van der Waals surface area contributed by atoms with Crippen molar-refractivity contribution in [1.29, 1.82) is 0 Å². The lowest BCUT2D eigenvalue weighted by Gasteiger charge is -2.29. The first-order valence-corrected chi connectivity index (χ1v) is 9.62. The van der Waals surface area contributed by atoms with Crippen molar-refractivity contribution in [2.24, 2.45) is 0 Å². The van der Waals surface area contributed by atoms with Crippen LogP contribution in [-0.2, 0) is 5.54 Å². The third kappa shape index (κ3) is 3.28. The van der Waals surface area contributed by atoms with E-state index < -0.39 is 0 Å². The Morgan fingerprint density at radius 2 is 1.93 bits per heavy atom. The fraction of sp³-hybridized carbons (Fsp3) is 0.500. The maximum Gasteiger partial charge on any atom is 0.253 e. The number of hydrogen-bond donors (Lipinski definition) is 1. The first-order chi connectivity index (χ1) is 13.4. The number of methoxy groups -OCH3 is 1. The maximum atomic E-state index is 13.1. The normalized spacial score (nSPS) is 16.6. The highest BCUT2D eigenvalue weighted by molar-refractivity contribution is 5.80. The van der Waals surface area contributed by atoms with Crippen LogP contribution in [0.15, 0.2) is 29.1 Å². The second-order valence-corrected chi connectivity index (χ2v) is 8.27. The van der Waals surface area contributed by atoms with Gasteiger partial charge in [-0.3, -0.25) is 9.69 Å². The van der Waals surface area contributed by atoms with E-state index >= 15 is 0 Å². The first kappa shape index (κ1) is 18.6. The van der Waals surface area contributed by atoms with E-state index in [9.17, 15) is 4.79 Å². The zero-order valence-corrected chi connectivity index (χ0v) is 16.8.